The fourth-order valence-corrected chi connectivity index (χ4v) is 3.77. The van der Waals surface area contributed by atoms with E-state index in [1.807, 2.05) is 45.0 Å². The number of esters is 1. The number of benzene rings is 3. The number of imide groups is 1. The van der Waals surface area contributed by atoms with Crippen molar-refractivity contribution in [1.82, 2.24) is 0 Å². The van der Waals surface area contributed by atoms with Crippen LogP contribution in [0, 0.1) is 20.8 Å². The maximum atomic E-state index is 12.9. The Bertz CT molecular complexity index is 1290. The van der Waals surface area contributed by atoms with E-state index in [-0.39, 0.29) is 10.7 Å². The predicted molar refractivity (Wildman–Crippen MR) is 127 cm³/mol. The molecule has 0 radical (unpaired) electrons. The molecule has 2 amide bonds. The van der Waals surface area contributed by atoms with Gasteiger partial charge in [-0.25, -0.2) is 9.69 Å². The van der Waals surface area contributed by atoms with Gasteiger partial charge in [0.25, 0.3) is 11.8 Å². The van der Waals surface area contributed by atoms with Gasteiger partial charge in [-0.3, -0.25) is 9.59 Å². The van der Waals surface area contributed by atoms with Crippen molar-refractivity contribution in [3.63, 3.8) is 0 Å². The van der Waals surface area contributed by atoms with Crippen LogP contribution in [0.4, 0.5) is 11.4 Å². The first kappa shape index (κ1) is 22.3. The monoisotopic (exact) mass is 460 g/mol. The lowest BCUT2D eigenvalue weighted by atomic mass is 10.1. The second kappa shape index (κ2) is 8.92. The number of aryl methyl sites for hydroxylation is 3. The summed E-state index contributed by atoms with van der Waals surface area (Å²) >= 11 is 6.19. The molecular formula is C26H21ClN2O4. The van der Waals surface area contributed by atoms with Crippen LogP contribution in [0.25, 0.3) is 0 Å². The van der Waals surface area contributed by atoms with Crippen LogP contribution in [-0.2, 0) is 9.59 Å². The molecule has 0 atom stereocenters. The number of ether oxygens (including phenoxy) is 1. The maximum absolute atomic E-state index is 12.9. The van der Waals surface area contributed by atoms with Crippen LogP contribution < -0.4 is 15.0 Å². The number of hydrogen-bond acceptors (Lipinski definition) is 5. The van der Waals surface area contributed by atoms with E-state index in [4.69, 9.17) is 16.3 Å². The molecule has 4 rings (SSSR count). The summed E-state index contributed by atoms with van der Waals surface area (Å²) in [5.74, 6) is -1.10. The lowest BCUT2D eigenvalue weighted by Crippen LogP contribution is -2.32. The number of halogens is 1. The fourth-order valence-electron chi connectivity index (χ4n) is 3.56. The standard InChI is InChI=1S/C26H21ClN2O4/c1-15-6-4-9-20(14-15)29-24(30)21(27)22(25(29)31)28-19-12-10-18(11-13-19)26(32)33-23-16(2)7-5-8-17(23)3/h4-14,28H,1-3H3. The smallest absolute Gasteiger partial charge is 0.343 e. The lowest BCUT2D eigenvalue weighted by molar-refractivity contribution is -0.120. The molecule has 3 aromatic rings. The highest BCUT2D eigenvalue weighted by atomic mass is 35.5. The molecule has 33 heavy (non-hydrogen) atoms. The summed E-state index contributed by atoms with van der Waals surface area (Å²) in [4.78, 5) is 39.1. The molecule has 0 aliphatic carbocycles. The minimum Gasteiger partial charge on any atom is -0.422 e. The van der Waals surface area contributed by atoms with E-state index >= 15 is 0 Å². The van der Waals surface area contributed by atoms with Gasteiger partial charge >= 0.3 is 5.97 Å². The van der Waals surface area contributed by atoms with Gasteiger partial charge in [0.1, 0.15) is 16.5 Å². The molecular weight excluding hydrogens is 440 g/mol. The van der Waals surface area contributed by atoms with Crippen molar-refractivity contribution in [2.24, 2.45) is 0 Å². The number of amides is 2. The zero-order valence-corrected chi connectivity index (χ0v) is 19.1. The first-order chi connectivity index (χ1) is 15.8. The predicted octanol–water partition coefficient (Wildman–Crippen LogP) is 5.27. The third-order valence-corrected chi connectivity index (χ3v) is 5.63. The average Bonchev–Trinajstić information content (AvgIpc) is 3.00. The highest BCUT2D eigenvalue weighted by molar-refractivity contribution is 6.53. The van der Waals surface area contributed by atoms with E-state index < -0.39 is 17.8 Å². The molecule has 0 fully saturated rings. The van der Waals surface area contributed by atoms with E-state index in [1.54, 1.807) is 42.5 Å². The van der Waals surface area contributed by atoms with Crippen molar-refractivity contribution in [2.75, 3.05) is 10.2 Å². The number of anilines is 2. The van der Waals surface area contributed by atoms with Crippen molar-refractivity contribution in [1.29, 1.82) is 0 Å². The zero-order chi connectivity index (χ0) is 23.7. The van der Waals surface area contributed by atoms with Crippen LogP contribution in [0.3, 0.4) is 0 Å². The quantitative estimate of drug-likeness (QED) is 0.319. The van der Waals surface area contributed by atoms with Crippen LogP contribution in [0.1, 0.15) is 27.0 Å². The molecule has 1 N–H and O–H groups in total. The molecule has 1 aliphatic rings. The molecule has 0 saturated carbocycles. The van der Waals surface area contributed by atoms with Gasteiger partial charge in [0.15, 0.2) is 0 Å². The van der Waals surface area contributed by atoms with Gasteiger partial charge in [-0.2, -0.15) is 0 Å². The van der Waals surface area contributed by atoms with Crippen molar-refractivity contribution >= 4 is 40.8 Å². The van der Waals surface area contributed by atoms with E-state index in [2.05, 4.69) is 5.32 Å². The molecule has 6 nitrogen and oxygen atoms in total. The molecule has 1 aliphatic heterocycles. The highest BCUT2D eigenvalue weighted by Gasteiger charge is 2.39. The van der Waals surface area contributed by atoms with Gasteiger partial charge in [-0.1, -0.05) is 41.9 Å². The third-order valence-electron chi connectivity index (χ3n) is 5.28. The average molecular weight is 461 g/mol. The van der Waals surface area contributed by atoms with Gasteiger partial charge < -0.3 is 10.1 Å². The molecule has 166 valence electrons. The highest BCUT2D eigenvalue weighted by Crippen LogP contribution is 2.30. The molecule has 0 spiro atoms. The van der Waals surface area contributed by atoms with Crippen molar-refractivity contribution < 1.29 is 19.1 Å². The SMILES string of the molecule is Cc1cccc(N2C(=O)C(Cl)=C(Nc3ccc(C(=O)Oc4c(C)cccc4C)cc3)C2=O)c1. The van der Waals surface area contributed by atoms with Gasteiger partial charge in [0, 0.05) is 5.69 Å². The Morgan fingerprint density at radius 1 is 0.879 bits per heavy atom. The van der Waals surface area contributed by atoms with E-state index in [9.17, 15) is 14.4 Å². The number of nitrogens with zero attached hydrogens (tertiary/aromatic N) is 1. The molecule has 0 bridgehead atoms. The maximum Gasteiger partial charge on any atom is 0.343 e. The number of carbonyl (C=O) groups is 3. The topological polar surface area (TPSA) is 75.7 Å². The summed E-state index contributed by atoms with van der Waals surface area (Å²) in [6.07, 6.45) is 0. The Kier molecular flexibility index (Phi) is 6.03. The molecule has 1 heterocycles. The van der Waals surface area contributed by atoms with Gasteiger partial charge in [-0.15, -0.1) is 0 Å². The first-order valence-corrected chi connectivity index (χ1v) is 10.6. The number of carbonyl (C=O) groups excluding carboxylic acids is 3. The van der Waals surface area contributed by atoms with Crippen LogP contribution in [-0.4, -0.2) is 17.8 Å². The normalized spacial score (nSPS) is 13.5. The third kappa shape index (κ3) is 4.38. The minimum absolute atomic E-state index is 0.0194. The minimum atomic E-state index is -0.594. The Morgan fingerprint density at radius 3 is 2.15 bits per heavy atom. The summed E-state index contributed by atoms with van der Waals surface area (Å²) in [6, 6.07) is 19.1. The summed E-state index contributed by atoms with van der Waals surface area (Å²) in [5.41, 5.74) is 3.92. The summed E-state index contributed by atoms with van der Waals surface area (Å²) < 4.78 is 5.56. The molecule has 0 aromatic heterocycles. The van der Waals surface area contributed by atoms with Crippen molar-refractivity contribution in [3.05, 3.63) is 99.7 Å². The summed E-state index contributed by atoms with van der Waals surface area (Å²) in [5, 5.41) is 2.71. The molecule has 7 heteroatoms. The van der Waals surface area contributed by atoms with Crippen molar-refractivity contribution in [2.45, 2.75) is 20.8 Å². The Balaban J connectivity index is 1.50. The lowest BCUT2D eigenvalue weighted by Gasteiger charge is -2.15. The largest absolute Gasteiger partial charge is 0.422 e. The van der Waals surface area contributed by atoms with Gasteiger partial charge in [0.05, 0.1) is 11.3 Å². The number of para-hydroxylation sites is 1. The summed E-state index contributed by atoms with van der Waals surface area (Å²) in [6.45, 7) is 5.62. The van der Waals surface area contributed by atoms with E-state index in [0.717, 1.165) is 21.6 Å². The Morgan fingerprint density at radius 2 is 1.52 bits per heavy atom. The molecule has 3 aromatic carbocycles. The van der Waals surface area contributed by atoms with Gasteiger partial charge in [0.2, 0.25) is 0 Å². The Labute approximate surface area is 196 Å². The zero-order valence-electron chi connectivity index (χ0n) is 18.3. The van der Waals surface area contributed by atoms with Crippen LogP contribution in [0.5, 0.6) is 5.75 Å². The first-order valence-electron chi connectivity index (χ1n) is 10.3. The number of nitrogens with one attached hydrogen (secondary N) is 1. The fraction of sp³-hybridized carbons (Fsp3) is 0.115. The van der Waals surface area contributed by atoms with Crippen molar-refractivity contribution in [3.8, 4) is 5.75 Å². The summed E-state index contributed by atoms with van der Waals surface area (Å²) in [7, 11) is 0. The second-order valence-corrected chi connectivity index (χ2v) is 8.16. The molecule has 0 saturated heterocycles. The van der Waals surface area contributed by atoms with Gasteiger partial charge in [-0.05, 0) is 73.9 Å². The second-order valence-electron chi connectivity index (χ2n) is 7.79. The number of rotatable bonds is 5. The Hall–Kier alpha value is -3.90. The number of hydrogen-bond donors (Lipinski definition) is 1. The van der Waals surface area contributed by atoms with Crippen LogP contribution in [0.2, 0.25) is 0 Å². The van der Waals surface area contributed by atoms with E-state index in [1.165, 1.54) is 0 Å². The molecule has 0 unspecified atom stereocenters. The van der Waals surface area contributed by atoms with E-state index in [0.29, 0.717) is 22.7 Å². The van der Waals surface area contributed by atoms with Crippen LogP contribution >= 0.6 is 11.6 Å². The van der Waals surface area contributed by atoms with Crippen LogP contribution in [0.15, 0.2) is 77.5 Å².